The predicted molar refractivity (Wildman–Crippen MR) is 107 cm³/mol. The number of aromatic carboxylic acids is 1. The van der Waals surface area contributed by atoms with Crippen molar-refractivity contribution < 1.29 is 24.1 Å². The van der Waals surface area contributed by atoms with Gasteiger partial charge in [-0.15, -0.1) is 0 Å². The summed E-state index contributed by atoms with van der Waals surface area (Å²) >= 11 is 0. The van der Waals surface area contributed by atoms with Crippen molar-refractivity contribution in [2.24, 2.45) is 0 Å². The fraction of sp³-hybridized carbons (Fsp3) is 0.476. The lowest BCUT2D eigenvalue weighted by Gasteiger charge is -2.29. The van der Waals surface area contributed by atoms with Gasteiger partial charge in [0.1, 0.15) is 0 Å². The van der Waals surface area contributed by atoms with Gasteiger partial charge in [0.05, 0.1) is 39.4 Å². The molecule has 1 heterocycles. The van der Waals surface area contributed by atoms with Gasteiger partial charge in [-0.3, -0.25) is 9.88 Å². The van der Waals surface area contributed by atoms with Crippen molar-refractivity contribution in [3.05, 3.63) is 41.5 Å². The lowest BCUT2D eigenvalue weighted by atomic mass is 10.1. The van der Waals surface area contributed by atoms with Gasteiger partial charge < -0.3 is 19.3 Å². The Kier molecular flexibility index (Phi) is 6.87. The molecular formula is C21H27N3O5. The van der Waals surface area contributed by atoms with Gasteiger partial charge in [-0.2, -0.15) is 0 Å². The van der Waals surface area contributed by atoms with Gasteiger partial charge in [0.15, 0.2) is 17.2 Å². The normalized spacial score (nSPS) is 14.2. The minimum absolute atomic E-state index is 0.0530. The molecule has 29 heavy (non-hydrogen) atoms. The number of benzene rings is 1. The van der Waals surface area contributed by atoms with Crippen molar-refractivity contribution in [1.29, 1.82) is 0 Å². The standard InChI is InChI=1S/C21H27N3O5/c1-27-18-9-8-14(19(28-2)20(18)29-3)12-24(16-6-4-5-7-16)13-15-10-23-17(11-22-15)21(25)26/h8-11,16H,4-7,12-13H2,1-3H3,(H,25,26). The summed E-state index contributed by atoms with van der Waals surface area (Å²) in [5.41, 5.74) is 1.68. The first-order chi connectivity index (χ1) is 14.1. The molecule has 0 unspecified atom stereocenters. The summed E-state index contributed by atoms with van der Waals surface area (Å²) in [6.45, 7) is 1.23. The highest BCUT2D eigenvalue weighted by Crippen LogP contribution is 2.41. The number of hydrogen-bond donors (Lipinski definition) is 1. The number of carboxylic acid groups (broad SMARTS) is 1. The van der Waals surface area contributed by atoms with Gasteiger partial charge in [0, 0.05) is 24.7 Å². The quantitative estimate of drug-likeness (QED) is 0.685. The van der Waals surface area contributed by atoms with E-state index in [0.717, 1.165) is 24.1 Å². The number of carbonyl (C=O) groups is 1. The third-order valence-corrected chi connectivity index (χ3v) is 5.29. The number of aromatic nitrogens is 2. The molecule has 0 radical (unpaired) electrons. The molecule has 0 saturated heterocycles. The van der Waals surface area contributed by atoms with E-state index in [4.69, 9.17) is 19.3 Å². The topological polar surface area (TPSA) is 94.0 Å². The van der Waals surface area contributed by atoms with Crippen LogP contribution in [0.5, 0.6) is 17.2 Å². The van der Waals surface area contributed by atoms with E-state index in [1.54, 1.807) is 21.3 Å². The lowest BCUT2D eigenvalue weighted by Crippen LogP contribution is -2.32. The fourth-order valence-corrected chi connectivity index (χ4v) is 3.84. The molecular weight excluding hydrogens is 374 g/mol. The van der Waals surface area contributed by atoms with Gasteiger partial charge in [-0.1, -0.05) is 18.9 Å². The van der Waals surface area contributed by atoms with E-state index < -0.39 is 5.97 Å². The summed E-state index contributed by atoms with van der Waals surface area (Å²) < 4.78 is 16.5. The summed E-state index contributed by atoms with van der Waals surface area (Å²) in [5, 5.41) is 9.03. The van der Waals surface area contributed by atoms with E-state index in [1.807, 2.05) is 12.1 Å². The number of methoxy groups -OCH3 is 3. The number of ether oxygens (including phenoxy) is 3. The average Bonchev–Trinajstić information content (AvgIpc) is 3.28. The Morgan fingerprint density at radius 3 is 2.31 bits per heavy atom. The average molecular weight is 401 g/mol. The van der Waals surface area contributed by atoms with Crippen LogP contribution in [0.4, 0.5) is 0 Å². The first kappa shape index (κ1) is 20.9. The van der Waals surface area contributed by atoms with Crippen LogP contribution in [0.2, 0.25) is 0 Å². The minimum atomic E-state index is -1.08. The van der Waals surface area contributed by atoms with Crippen molar-refractivity contribution in [1.82, 2.24) is 14.9 Å². The Morgan fingerprint density at radius 2 is 1.76 bits per heavy atom. The van der Waals surface area contributed by atoms with E-state index in [9.17, 15) is 4.79 Å². The number of nitrogens with zero attached hydrogens (tertiary/aromatic N) is 3. The van der Waals surface area contributed by atoms with Crippen LogP contribution >= 0.6 is 0 Å². The summed E-state index contributed by atoms with van der Waals surface area (Å²) in [6.07, 6.45) is 7.49. The number of carboxylic acids is 1. The molecule has 0 atom stereocenters. The van der Waals surface area contributed by atoms with Crippen molar-refractivity contribution >= 4 is 5.97 Å². The van der Waals surface area contributed by atoms with Crippen LogP contribution in [0.15, 0.2) is 24.5 Å². The number of hydrogen-bond acceptors (Lipinski definition) is 7. The highest BCUT2D eigenvalue weighted by atomic mass is 16.5. The zero-order valence-electron chi connectivity index (χ0n) is 17.1. The lowest BCUT2D eigenvalue weighted by molar-refractivity contribution is 0.0689. The van der Waals surface area contributed by atoms with E-state index in [2.05, 4.69) is 14.9 Å². The van der Waals surface area contributed by atoms with Gasteiger partial charge in [-0.25, -0.2) is 9.78 Å². The molecule has 1 saturated carbocycles. The Balaban J connectivity index is 1.87. The van der Waals surface area contributed by atoms with Crippen molar-refractivity contribution in [2.75, 3.05) is 21.3 Å². The Hall–Kier alpha value is -2.87. The summed E-state index contributed by atoms with van der Waals surface area (Å²) in [4.78, 5) is 21.7. The molecule has 156 valence electrons. The Morgan fingerprint density at radius 1 is 1.03 bits per heavy atom. The second kappa shape index (κ2) is 9.56. The van der Waals surface area contributed by atoms with E-state index in [1.165, 1.54) is 25.2 Å². The third kappa shape index (κ3) is 4.76. The van der Waals surface area contributed by atoms with E-state index in [0.29, 0.717) is 36.4 Å². The molecule has 1 aliphatic carbocycles. The molecule has 1 fully saturated rings. The molecule has 1 aromatic heterocycles. The van der Waals surface area contributed by atoms with Crippen molar-refractivity contribution in [3.63, 3.8) is 0 Å². The minimum Gasteiger partial charge on any atom is -0.493 e. The van der Waals surface area contributed by atoms with Crippen LogP contribution in [0.25, 0.3) is 0 Å². The van der Waals surface area contributed by atoms with Crippen LogP contribution in [0, 0.1) is 0 Å². The maximum absolute atomic E-state index is 11.0. The molecule has 1 N–H and O–H groups in total. The Bertz CT molecular complexity index is 835. The van der Waals surface area contributed by atoms with Crippen LogP contribution in [0.1, 0.15) is 47.4 Å². The van der Waals surface area contributed by atoms with Gasteiger partial charge in [0.2, 0.25) is 5.75 Å². The molecule has 0 bridgehead atoms. The van der Waals surface area contributed by atoms with Gasteiger partial charge in [-0.05, 0) is 18.9 Å². The van der Waals surface area contributed by atoms with E-state index >= 15 is 0 Å². The summed E-state index contributed by atoms with van der Waals surface area (Å²) in [7, 11) is 4.82. The second-order valence-electron chi connectivity index (χ2n) is 7.03. The molecule has 0 aliphatic heterocycles. The van der Waals surface area contributed by atoms with Crippen LogP contribution in [-0.2, 0) is 13.1 Å². The SMILES string of the molecule is COc1ccc(CN(Cc2cnc(C(=O)O)cn2)C2CCCC2)c(OC)c1OC. The molecule has 0 amide bonds. The number of rotatable bonds is 9. The summed E-state index contributed by atoms with van der Waals surface area (Å²) in [6, 6.07) is 4.29. The van der Waals surface area contributed by atoms with E-state index in [-0.39, 0.29) is 5.69 Å². The summed E-state index contributed by atoms with van der Waals surface area (Å²) in [5.74, 6) is 0.772. The molecule has 0 spiro atoms. The second-order valence-corrected chi connectivity index (χ2v) is 7.03. The maximum atomic E-state index is 11.0. The molecule has 8 nitrogen and oxygen atoms in total. The largest absolute Gasteiger partial charge is 0.493 e. The van der Waals surface area contributed by atoms with Gasteiger partial charge >= 0.3 is 5.97 Å². The molecule has 8 heteroatoms. The molecule has 1 aliphatic rings. The molecule has 2 aromatic rings. The molecule has 1 aromatic carbocycles. The zero-order chi connectivity index (χ0) is 20.8. The monoisotopic (exact) mass is 401 g/mol. The van der Waals surface area contributed by atoms with Gasteiger partial charge in [0.25, 0.3) is 0 Å². The van der Waals surface area contributed by atoms with Crippen LogP contribution < -0.4 is 14.2 Å². The first-order valence-electron chi connectivity index (χ1n) is 9.63. The maximum Gasteiger partial charge on any atom is 0.356 e. The van der Waals surface area contributed by atoms with Crippen LogP contribution in [-0.4, -0.2) is 53.3 Å². The molecule has 3 rings (SSSR count). The van der Waals surface area contributed by atoms with Crippen LogP contribution in [0.3, 0.4) is 0 Å². The third-order valence-electron chi connectivity index (χ3n) is 5.29. The first-order valence-corrected chi connectivity index (χ1v) is 9.63. The van der Waals surface area contributed by atoms with Crippen molar-refractivity contribution in [3.8, 4) is 17.2 Å². The predicted octanol–water partition coefficient (Wildman–Crippen LogP) is 3.15. The highest BCUT2D eigenvalue weighted by molar-refractivity contribution is 5.84. The highest BCUT2D eigenvalue weighted by Gasteiger charge is 2.26. The smallest absolute Gasteiger partial charge is 0.356 e. The Labute approximate surface area is 170 Å². The fourth-order valence-electron chi connectivity index (χ4n) is 3.84. The zero-order valence-corrected chi connectivity index (χ0v) is 17.1. The van der Waals surface area contributed by atoms with Crippen molar-refractivity contribution in [2.45, 2.75) is 44.8 Å².